The van der Waals surface area contributed by atoms with E-state index in [9.17, 15) is 0 Å². The fourth-order valence-corrected chi connectivity index (χ4v) is 2.67. The van der Waals surface area contributed by atoms with Crippen LogP contribution in [0.25, 0.3) is 0 Å². The summed E-state index contributed by atoms with van der Waals surface area (Å²) in [5, 5.41) is 6.67. The number of rotatable bonds is 12. The highest BCUT2D eigenvalue weighted by atomic mass is 127. The molecule has 0 spiro atoms. The van der Waals surface area contributed by atoms with E-state index in [-0.39, 0.29) is 24.0 Å². The summed E-state index contributed by atoms with van der Waals surface area (Å²) in [5.74, 6) is 1.71. The summed E-state index contributed by atoms with van der Waals surface area (Å²) in [6.45, 7) is 8.61. The highest BCUT2D eigenvalue weighted by molar-refractivity contribution is 14.0. The second kappa shape index (κ2) is 16.0. The molecule has 0 atom stereocenters. The number of halogens is 1. The zero-order valence-corrected chi connectivity index (χ0v) is 19.9. The molecular weight excluding hydrogens is 477 g/mol. The highest BCUT2D eigenvalue weighted by Gasteiger charge is 2.00. The topological polar surface area (TPSA) is 54.9 Å². The molecule has 0 aliphatic carbocycles. The van der Waals surface area contributed by atoms with E-state index in [0.717, 1.165) is 62.0 Å². The number of unbranched alkanes of at least 4 members (excludes halogenated alkanes) is 1. The van der Waals surface area contributed by atoms with Crippen LogP contribution in [-0.4, -0.2) is 32.3 Å². The van der Waals surface area contributed by atoms with E-state index >= 15 is 0 Å². The third-order valence-corrected chi connectivity index (χ3v) is 4.12. The van der Waals surface area contributed by atoms with Crippen molar-refractivity contribution in [2.45, 2.75) is 39.8 Å². The second-order valence-corrected chi connectivity index (χ2v) is 6.45. The lowest BCUT2D eigenvalue weighted by molar-refractivity contribution is 0.143. The first-order valence-corrected chi connectivity index (χ1v) is 10.2. The number of hydrogen-bond acceptors (Lipinski definition) is 3. The first-order chi connectivity index (χ1) is 13.8. The van der Waals surface area contributed by atoms with Gasteiger partial charge >= 0.3 is 0 Å². The van der Waals surface area contributed by atoms with Gasteiger partial charge in [-0.15, -0.1) is 24.0 Å². The molecule has 0 aliphatic heterocycles. The Kier molecular flexibility index (Phi) is 14.0. The molecule has 0 fully saturated rings. The van der Waals surface area contributed by atoms with Crippen LogP contribution >= 0.6 is 24.0 Å². The molecule has 0 aromatic heterocycles. The molecule has 6 heteroatoms. The van der Waals surface area contributed by atoms with Gasteiger partial charge in [-0.1, -0.05) is 42.5 Å². The molecule has 0 unspecified atom stereocenters. The van der Waals surface area contributed by atoms with Crippen molar-refractivity contribution in [3.8, 4) is 5.75 Å². The van der Waals surface area contributed by atoms with Crippen LogP contribution in [0.4, 0.5) is 0 Å². The van der Waals surface area contributed by atoms with Crippen LogP contribution in [0.15, 0.2) is 59.6 Å². The molecule has 0 radical (unpaired) electrons. The minimum Gasteiger partial charge on any atom is -0.489 e. The van der Waals surface area contributed by atoms with Gasteiger partial charge in [0.15, 0.2) is 5.96 Å². The van der Waals surface area contributed by atoms with Crippen LogP contribution < -0.4 is 15.4 Å². The third kappa shape index (κ3) is 11.1. The summed E-state index contributed by atoms with van der Waals surface area (Å²) in [6, 6.07) is 18.3. The molecular formula is C23H34IN3O2. The van der Waals surface area contributed by atoms with Crippen molar-refractivity contribution in [2.75, 3.05) is 26.3 Å². The Hall–Kier alpha value is -1.80. The van der Waals surface area contributed by atoms with Gasteiger partial charge in [0.1, 0.15) is 12.4 Å². The smallest absolute Gasteiger partial charge is 0.191 e. The number of aliphatic imine (C=N–C) groups is 1. The average molecular weight is 511 g/mol. The zero-order valence-electron chi connectivity index (χ0n) is 17.5. The maximum Gasteiger partial charge on any atom is 0.191 e. The summed E-state index contributed by atoms with van der Waals surface area (Å²) >= 11 is 0. The third-order valence-electron chi connectivity index (χ3n) is 4.12. The second-order valence-electron chi connectivity index (χ2n) is 6.45. The van der Waals surface area contributed by atoms with E-state index in [1.165, 1.54) is 0 Å². The normalized spacial score (nSPS) is 10.9. The average Bonchev–Trinajstić information content (AvgIpc) is 2.74. The van der Waals surface area contributed by atoms with Crippen LogP contribution in [0.5, 0.6) is 5.75 Å². The van der Waals surface area contributed by atoms with Crippen LogP contribution in [0, 0.1) is 0 Å². The minimum atomic E-state index is 0. The lowest BCUT2D eigenvalue weighted by Crippen LogP contribution is -2.37. The molecule has 0 heterocycles. The number of guanidine groups is 1. The van der Waals surface area contributed by atoms with Gasteiger partial charge in [-0.25, -0.2) is 4.99 Å². The lowest BCUT2D eigenvalue weighted by Gasteiger charge is -2.12. The Bertz CT molecular complexity index is 696. The van der Waals surface area contributed by atoms with E-state index in [1.54, 1.807) is 0 Å². The molecule has 2 N–H and O–H groups in total. The molecule has 0 saturated carbocycles. The predicted molar refractivity (Wildman–Crippen MR) is 131 cm³/mol. The van der Waals surface area contributed by atoms with E-state index in [1.807, 2.05) is 37.3 Å². The van der Waals surface area contributed by atoms with E-state index < -0.39 is 0 Å². The molecule has 0 aliphatic rings. The van der Waals surface area contributed by atoms with Crippen molar-refractivity contribution in [1.82, 2.24) is 10.6 Å². The molecule has 2 aromatic carbocycles. The van der Waals surface area contributed by atoms with Crippen molar-refractivity contribution < 1.29 is 9.47 Å². The minimum absolute atomic E-state index is 0. The molecule has 0 bridgehead atoms. The number of hydrogen-bond donors (Lipinski definition) is 2. The fraction of sp³-hybridized carbons (Fsp3) is 0.435. The highest BCUT2D eigenvalue weighted by Crippen LogP contribution is 2.16. The van der Waals surface area contributed by atoms with Gasteiger partial charge in [-0.2, -0.15) is 0 Å². The first-order valence-electron chi connectivity index (χ1n) is 10.2. The van der Waals surface area contributed by atoms with Crippen molar-refractivity contribution in [3.63, 3.8) is 0 Å². The quantitative estimate of drug-likeness (QED) is 0.187. The van der Waals surface area contributed by atoms with Crippen molar-refractivity contribution in [1.29, 1.82) is 0 Å². The maximum atomic E-state index is 5.91. The molecule has 29 heavy (non-hydrogen) atoms. The van der Waals surface area contributed by atoms with Gasteiger partial charge in [0, 0.05) is 26.3 Å². The van der Waals surface area contributed by atoms with Gasteiger partial charge in [-0.3, -0.25) is 0 Å². The Balaban J connectivity index is 0.00000420. The van der Waals surface area contributed by atoms with Crippen LogP contribution in [0.3, 0.4) is 0 Å². The number of ether oxygens (including phenoxy) is 2. The summed E-state index contributed by atoms with van der Waals surface area (Å²) in [6.07, 6.45) is 2.12. The number of benzene rings is 2. The van der Waals surface area contributed by atoms with Crippen molar-refractivity contribution in [2.24, 2.45) is 4.99 Å². The van der Waals surface area contributed by atoms with Crippen molar-refractivity contribution >= 4 is 29.9 Å². The summed E-state index contributed by atoms with van der Waals surface area (Å²) < 4.78 is 11.3. The Labute approximate surface area is 192 Å². The Morgan fingerprint density at radius 3 is 2.48 bits per heavy atom. The van der Waals surface area contributed by atoms with Gasteiger partial charge in [0.25, 0.3) is 0 Å². The molecule has 0 saturated heterocycles. The van der Waals surface area contributed by atoms with E-state index in [2.05, 4.69) is 46.8 Å². The molecule has 160 valence electrons. The summed E-state index contributed by atoms with van der Waals surface area (Å²) in [5.41, 5.74) is 2.29. The van der Waals surface area contributed by atoms with Gasteiger partial charge in [-0.05, 0) is 49.9 Å². The Morgan fingerprint density at radius 1 is 0.931 bits per heavy atom. The zero-order chi connectivity index (χ0) is 19.9. The number of nitrogens with zero attached hydrogens (tertiary/aromatic N) is 1. The van der Waals surface area contributed by atoms with Gasteiger partial charge in [0.05, 0.1) is 6.54 Å². The molecule has 5 nitrogen and oxygen atoms in total. The van der Waals surface area contributed by atoms with Gasteiger partial charge < -0.3 is 20.1 Å². The molecule has 2 rings (SSSR count). The summed E-state index contributed by atoms with van der Waals surface area (Å²) in [7, 11) is 0. The van der Waals surface area contributed by atoms with E-state index in [0.29, 0.717) is 13.2 Å². The van der Waals surface area contributed by atoms with Crippen LogP contribution in [-0.2, 0) is 17.9 Å². The standard InChI is InChI=1S/C23H33N3O2.HI/c1-3-24-23(25-15-8-9-16-27-4-2)26-18-21-13-10-14-22(17-21)28-19-20-11-6-5-7-12-20;/h5-7,10-14,17H,3-4,8-9,15-16,18-19H2,1-2H3,(H2,24,25,26);1H. The largest absolute Gasteiger partial charge is 0.489 e. The first kappa shape index (κ1) is 25.2. The predicted octanol–water partition coefficient (Wildman–Crippen LogP) is 4.76. The maximum absolute atomic E-state index is 5.91. The fourth-order valence-electron chi connectivity index (χ4n) is 2.67. The molecule has 0 amide bonds. The monoisotopic (exact) mass is 511 g/mol. The van der Waals surface area contributed by atoms with E-state index in [4.69, 9.17) is 9.47 Å². The Morgan fingerprint density at radius 2 is 1.72 bits per heavy atom. The lowest BCUT2D eigenvalue weighted by atomic mass is 10.2. The summed E-state index contributed by atoms with van der Waals surface area (Å²) in [4.78, 5) is 4.68. The SMILES string of the molecule is CCNC(=NCc1cccc(OCc2ccccc2)c1)NCCCCOCC.I. The molecule has 2 aromatic rings. The van der Waals surface area contributed by atoms with Gasteiger partial charge in [0.2, 0.25) is 0 Å². The van der Waals surface area contributed by atoms with Crippen LogP contribution in [0.2, 0.25) is 0 Å². The van der Waals surface area contributed by atoms with Crippen LogP contribution in [0.1, 0.15) is 37.8 Å². The van der Waals surface area contributed by atoms with Crippen molar-refractivity contribution in [3.05, 3.63) is 65.7 Å². The number of nitrogens with one attached hydrogen (secondary N) is 2.